The van der Waals surface area contributed by atoms with Crippen molar-refractivity contribution >= 4 is 9.84 Å². The minimum absolute atomic E-state index is 0.119. The topological polar surface area (TPSA) is 49.4 Å². The molecule has 2 aliphatic rings. The summed E-state index contributed by atoms with van der Waals surface area (Å²) in [5.41, 5.74) is -0.119. The van der Waals surface area contributed by atoms with Crippen LogP contribution in [0.5, 0.6) is 0 Å². The molecule has 1 N–H and O–H groups in total. The number of rotatable bonds is 2. The van der Waals surface area contributed by atoms with Crippen LogP contribution >= 0.6 is 0 Å². The van der Waals surface area contributed by atoms with Crippen molar-refractivity contribution in [2.24, 2.45) is 5.92 Å². The maximum Gasteiger partial charge on any atom is 0.152 e. The maximum atomic E-state index is 11.7. The molecule has 0 aromatic rings. The van der Waals surface area contributed by atoms with Crippen LogP contribution in [0.1, 0.15) is 26.7 Å². The molecule has 0 aromatic heterocycles. The van der Waals surface area contributed by atoms with Gasteiger partial charge in [-0.3, -0.25) is 4.90 Å². The van der Waals surface area contributed by atoms with Gasteiger partial charge in [0.1, 0.15) is 0 Å². The second-order valence-electron chi connectivity index (χ2n) is 5.95. The van der Waals surface area contributed by atoms with Gasteiger partial charge in [0.05, 0.1) is 11.5 Å². The SMILES string of the molecule is CNC1CCN(C2(C)CCS(=O)(=O)C2)CC1C. The average molecular weight is 260 g/mol. The van der Waals surface area contributed by atoms with Crippen molar-refractivity contribution in [1.82, 2.24) is 10.2 Å². The average Bonchev–Trinajstić information content (AvgIpc) is 2.54. The predicted molar refractivity (Wildman–Crippen MR) is 69.9 cm³/mol. The zero-order chi connectivity index (χ0) is 12.7. The first-order valence-electron chi connectivity index (χ1n) is 6.49. The van der Waals surface area contributed by atoms with E-state index in [0.717, 1.165) is 25.9 Å². The minimum Gasteiger partial charge on any atom is -0.317 e. The Morgan fingerprint density at radius 3 is 2.59 bits per heavy atom. The van der Waals surface area contributed by atoms with Crippen molar-refractivity contribution in [3.05, 3.63) is 0 Å². The van der Waals surface area contributed by atoms with Crippen LogP contribution in [0.25, 0.3) is 0 Å². The second-order valence-corrected chi connectivity index (χ2v) is 8.13. The Kier molecular flexibility index (Phi) is 3.54. The fourth-order valence-corrected chi connectivity index (χ4v) is 5.48. The Bertz CT molecular complexity index is 382. The lowest BCUT2D eigenvalue weighted by Crippen LogP contribution is -2.56. The Morgan fingerprint density at radius 2 is 2.12 bits per heavy atom. The van der Waals surface area contributed by atoms with Crippen molar-refractivity contribution in [2.75, 3.05) is 31.6 Å². The van der Waals surface area contributed by atoms with Crippen molar-refractivity contribution in [3.8, 4) is 0 Å². The smallest absolute Gasteiger partial charge is 0.152 e. The number of nitrogens with one attached hydrogen (secondary N) is 1. The molecule has 0 aliphatic carbocycles. The van der Waals surface area contributed by atoms with Crippen LogP contribution in [0.15, 0.2) is 0 Å². The number of likely N-dealkylation sites (tertiary alicyclic amines) is 1. The molecule has 0 saturated carbocycles. The van der Waals surface area contributed by atoms with Gasteiger partial charge in [0.15, 0.2) is 9.84 Å². The summed E-state index contributed by atoms with van der Waals surface area (Å²) in [6.45, 7) is 6.39. The van der Waals surface area contributed by atoms with E-state index in [1.54, 1.807) is 0 Å². The lowest BCUT2D eigenvalue weighted by atomic mass is 9.89. The van der Waals surface area contributed by atoms with E-state index in [-0.39, 0.29) is 5.54 Å². The van der Waals surface area contributed by atoms with Crippen molar-refractivity contribution < 1.29 is 8.42 Å². The largest absolute Gasteiger partial charge is 0.317 e. The van der Waals surface area contributed by atoms with Gasteiger partial charge in [0.2, 0.25) is 0 Å². The third-order valence-electron chi connectivity index (χ3n) is 4.52. The Balaban J connectivity index is 2.05. The summed E-state index contributed by atoms with van der Waals surface area (Å²) in [6.07, 6.45) is 1.92. The fraction of sp³-hybridized carbons (Fsp3) is 1.00. The van der Waals surface area contributed by atoms with Gasteiger partial charge < -0.3 is 5.32 Å². The first-order valence-corrected chi connectivity index (χ1v) is 8.31. The summed E-state index contributed by atoms with van der Waals surface area (Å²) < 4.78 is 23.3. The summed E-state index contributed by atoms with van der Waals surface area (Å²) in [6, 6.07) is 0.577. The molecule has 0 spiro atoms. The lowest BCUT2D eigenvalue weighted by molar-refractivity contribution is 0.0603. The second kappa shape index (κ2) is 4.52. The minimum atomic E-state index is -2.80. The molecule has 2 rings (SSSR count). The first kappa shape index (κ1) is 13.3. The molecule has 5 heteroatoms. The fourth-order valence-electron chi connectivity index (χ4n) is 3.31. The molecule has 100 valence electrons. The summed E-state index contributed by atoms with van der Waals surface area (Å²) in [5.74, 6) is 1.30. The van der Waals surface area contributed by atoms with E-state index in [1.165, 1.54) is 0 Å². The van der Waals surface area contributed by atoms with Gasteiger partial charge in [-0.1, -0.05) is 6.92 Å². The Morgan fingerprint density at radius 1 is 1.41 bits per heavy atom. The van der Waals surface area contributed by atoms with Crippen molar-refractivity contribution in [2.45, 2.75) is 38.3 Å². The van der Waals surface area contributed by atoms with Crippen LogP contribution in [0.3, 0.4) is 0 Å². The Labute approximate surface area is 105 Å². The van der Waals surface area contributed by atoms with Crippen LogP contribution < -0.4 is 5.32 Å². The van der Waals surface area contributed by atoms with E-state index in [1.807, 2.05) is 7.05 Å². The van der Waals surface area contributed by atoms with Crippen LogP contribution in [0.4, 0.5) is 0 Å². The molecular weight excluding hydrogens is 236 g/mol. The standard InChI is InChI=1S/C12H24N2O2S/c1-10-8-14(6-4-11(10)13-3)12(2)5-7-17(15,16)9-12/h10-11,13H,4-9H2,1-3H3. The third kappa shape index (κ3) is 2.66. The number of hydrogen-bond acceptors (Lipinski definition) is 4. The van der Waals surface area contributed by atoms with Gasteiger partial charge in [-0.15, -0.1) is 0 Å². The number of piperidine rings is 1. The molecule has 3 unspecified atom stereocenters. The first-order chi connectivity index (χ1) is 7.86. The molecule has 0 bridgehead atoms. The highest BCUT2D eigenvalue weighted by molar-refractivity contribution is 7.91. The predicted octanol–water partition coefficient (Wildman–Crippen LogP) is 0.493. The van der Waals surface area contributed by atoms with Gasteiger partial charge in [0, 0.05) is 24.7 Å². The lowest BCUT2D eigenvalue weighted by Gasteiger charge is -2.45. The van der Waals surface area contributed by atoms with Gasteiger partial charge in [0.25, 0.3) is 0 Å². The molecule has 2 fully saturated rings. The number of nitrogens with zero attached hydrogens (tertiary/aromatic N) is 1. The molecule has 17 heavy (non-hydrogen) atoms. The number of hydrogen-bond donors (Lipinski definition) is 1. The van der Waals surface area contributed by atoms with E-state index in [2.05, 4.69) is 24.1 Å². The molecule has 2 aliphatic heterocycles. The highest BCUT2D eigenvalue weighted by Crippen LogP contribution is 2.32. The zero-order valence-corrected chi connectivity index (χ0v) is 11.9. The maximum absolute atomic E-state index is 11.7. The van der Waals surface area contributed by atoms with E-state index in [0.29, 0.717) is 23.5 Å². The van der Waals surface area contributed by atoms with E-state index in [4.69, 9.17) is 0 Å². The molecule has 2 saturated heterocycles. The molecule has 0 amide bonds. The molecular formula is C12H24N2O2S. The highest BCUT2D eigenvalue weighted by atomic mass is 32.2. The molecule has 0 radical (unpaired) electrons. The molecule has 0 aromatic carbocycles. The van der Waals surface area contributed by atoms with Crippen LogP contribution in [0.2, 0.25) is 0 Å². The van der Waals surface area contributed by atoms with Gasteiger partial charge in [-0.05, 0) is 32.7 Å². The summed E-state index contributed by atoms with van der Waals surface area (Å²) in [7, 11) is -0.785. The van der Waals surface area contributed by atoms with Crippen LogP contribution in [-0.2, 0) is 9.84 Å². The molecule has 3 atom stereocenters. The van der Waals surface area contributed by atoms with Gasteiger partial charge >= 0.3 is 0 Å². The monoisotopic (exact) mass is 260 g/mol. The molecule has 4 nitrogen and oxygen atoms in total. The van der Waals surface area contributed by atoms with Crippen LogP contribution in [-0.4, -0.2) is 56.5 Å². The quantitative estimate of drug-likeness (QED) is 0.785. The summed E-state index contributed by atoms with van der Waals surface area (Å²) in [5, 5.41) is 3.35. The van der Waals surface area contributed by atoms with Gasteiger partial charge in [-0.25, -0.2) is 8.42 Å². The Hall–Kier alpha value is -0.130. The highest BCUT2D eigenvalue weighted by Gasteiger charge is 2.44. The van der Waals surface area contributed by atoms with Crippen molar-refractivity contribution in [3.63, 3.8) is 0 Å². The number of sulfone groups is 1. The van der Waals surface area contributed by atoms with Crippen molar-refractivity contribution in [1.29, 1.82) is 0 Å². The van der Waals surface area contributed by atoms with Gasteiger partial charge in [-0.2, -0.15) is 0 Å². The molecule has 2 heterocycles. The van der Waals surface area contributed by atoms with Crippen LogP contribution in [0, 0.1) is 5.92 Å². The van der Waals surface area contributed by atoms with E-state index < -0.39 is 9.84 Å². The van der Waals surface area contributed by atoms with E-state index >= 15 is 0 Å². The third-order valence-corrected chi connectivity index (χ3v) is 6.41. The van der Waals surface area contributed by atoms with E-state index in [9.17, 15) is 8.42 Å². The summed E-state index contributed by atoms with van der Waals surface area (Å²) >= 11 is 0. The normalized spacial score (nSPS) is 42.8. The zero-order valence-electron chi connectivity index (χ0n) is 11.1. The summed E-state index contributed by atoms with van der Waals surface area (Å²) in [4.78, 5) is 2.40.